The van der Waals surface area contributed by atoms with Crippen LogP contribution in [-0.4, -0.2) is 9.97 Å². The first-order valence-corrected chi connectivity index (χ1v) is 6.43. The van der Waals surface area contributed by atoms with Gasteiger partial charge in [0.2, 0.25) is 0 Å². The van der Waals surface area contributed by atoms with Gasteiger partial charge in [-0.3, -0.25) is 9.97 Å². The maximum absolute atomic E-state index is 6.12. The topological polar surface area (TPSA) is 25.8 Å². The van der Waals surface area contributed by atoms with Gasteiger partial charge < -0.3 is 0 Å². The van der Waals surface area contributed by atoms with Crippen molar-refractivity contribution in [1.82, 2.24) is 9.97 Å². The van der Waals surface area contributed by atoms with Crippen LogP contribution in [0, 0.1) is 0 Å². The fourth-order valence-electron chi connectivity index (χ4n) is 2.60. The zero-order valence-electron chi connectivity index (χ0n) is 9.97. The van der Waals surface area contributed by atoms with E-state index in [1.807, 2.05) is 30.3 Å². The molecule has 0 saturated carbocycles. The van der Waals surface area contributed by atoms with Crippen molar-refractivity contribution in [2.24, 2.45) is 0 Å². The van der Waals surface area contributed by atoms with Gasteiger partial charge in [0, 0.05) is 28.2 Å². The minimum atomic E-state index is 0.717. The third kappa shape index (κ3) is 1.50. The third-order valence-corrected chi connectivity index (χ3v) is 3.64. The molecule has 1 heterocycles. The Morgan fingerprint density at radius 1 is 0.684 bits per heavy atom. The Morgan fingerprint density at radius 2 is 1.32 bits per heavy atom. The van der Waals surface area contributed by atoms with Crippen LogP contribution in [0.25, 0.3) is 32.6 Å². The van der Waals surface area contributed by atoms with Gasteiger partial charge in [0.05, 0.1) is 11.0 Å². The maximum Gasteiger partial charge on any atom is 0.0972 e. The van der Waals surface area contributed by atoms with Gasteiger partial charge in [-0.15, -0.1) is 0 Å². The van der Waals surface area contributed by atoms with Crippen LogP contribution >= 0.6 is 11.6 Å². The van der Waals surface area contributed by atoms with Crippen LogP contribution in [0.2, 0.25) is 5.02 Å². The molecule has 0 N–H and O–H groups in total. The van der Waals surface area contributed by atoms with Crippen molar-refractivity contribution in [2.45, 2.75) is 0 Å². The van der Waals surface area contributed by atoms with Gasteiger partial charge in [-0.2, -0.15) is 0 Å². The molecule has 4 aromatic rings. The van der Waals surface area contributed by atoms with E-state index in [0.717, 1.165) is 32.2 Å². The van der Waals surface area contributed by atoms with E-state index in [4.69, 9.17) is 11.6 Å². The number of hydrogen-bond donors (Lipinski definition) is 0. The summed E-state index contributed by atoms with van der Waals surface area (Å²) in [6, 6.07) is 14.2. The molecule has 2 nitrogen and oxygen atoms in total. The molecule has 0 amide bonds. The molecule has 0 spiro atoms. The molecular formula is C16H9ClN2. The first-order chi connectivity index (χ1) is 9.34. The molecule has 0 aliphatic rings. The number of rotatable bonds is 0. The van der Waals surface area contributed by atoms with Gasteiger partial charge in [-0.1, -0.05) is 41.9 Å². The second kappa shape index (κ2) is 3.90. The molecule has 3 heteroatoms. The van der Waals surface area contributed by atoms with Gasteiger partial charge in [-0.25, -0.2) is 0 Å². The first-order valence-electron chi connectivity index (χ1n) is 6.05. The van der Waals surface area contributed by atoms with E-state index in [1.165, 1.54) is 5.39 Å². The third-order valence-electron chi connectivity index (χ3n) is 3.41. The molecular weight excluding hydrogens is 256 g/mol. The van der Waals surface area contributed by atoms with Crippen molar-refractivity contribution < 1.29 is 0 Å². The molecule has 0 bridgehead atoms. The maximum atomic E-state index is 6.12. The zero-order valence-corrected chi connectivity index (χ0v) is 10.7. The van der Waals surface area contributed by atoms with Crippen LogP contribution < -0.4 is 0 Å². The van der Waals surface area contributed by atoms with Crippen LogP contribution in [0.15, 0.2) is 54.9 Å². The van der Waals surface area contributed by atoms with Crippen LogP contribution in [0.1, 0.15) is 0 Å². The molecule has 90 valence electrons. The summed E-state index contributed by atoms with van der Waals surface area (Å²) in [7, 11) is 0. The van der Waals surface area contributed by atoms with Crippen LogP contribution in [-0.2, 0) is 0 Å². The highest BCUT2D eigenvalue weighted by Crippen LogP contribution is 2.33. The Morgan fingerprint density at radius 3 is 2.11 bits per heavy atom. The smallest absolute Gasteiger partial charge is 0.0972 e. The summed E-state index contributed by atoms with van der Waals surface area (Å²) < 4.78 is 0. The van der Waals surface area contributed by atoms with Gasteiger partial charge in [-0.05, 0) is 22.9 Å². The predicted molar refractivity (Wildman–Crippen MR) is 79.6 cm³/mol. The lowest BCUT2D eigenvalue weighted by Gasteiger charge is -2.08. The molecule has 0 aliphatic heterocycles. The molecule has 0 unspecified atom stereocenters. The van der Waals surface area contributed by atoms with Crippen LogP contribution in [0.5, 0.6) is 0 Å². The van der Waals surface area contributed by atoms with Gasteiger partial charge >= 0.3 is 0 Å². The lowest BCUT2D eigenvalue weighted by atomic mass is 10.00. The Hall–Kier alpha value is -2.19. The molecule has 0 fully saturated rings. The molecule has 0 saturated heterocycles. The second-order valence-corrected chi connectivity index (χ2v) is 4.93. The van der Waals surface area contributed by atoms with Crippen molar-refractivity contribution in [3.8, 4) is 0 Å². The number of halogens is 1. The van der Waals surface area contributed by atoms with Crippen molar-refractivity contribution >= 4 is 44.2 Å². The van der Waals surface area contributed by atoms with E-state index in [2.05, 4.69) is 22.1 Å². The van der Waals surface area contributed by atoms with Crippen molar-refractivity contribution in [3.05, 3.63) is 59.9 Å². The van der Waals surface area contributed by atoms with Crippen LogP contribution in [0.3, 0.4) is 0 Å². The van der Waals surface area contributed by atoms with E-state index >= 15 is 0 Å². The highest BCUT2D eigenvalue weighted by Gasteiger charge is 2.09. The monoisotopic (exact) mass is 264 g/mol. The average Bonchev–Trinajstić information content (AvgIpc) is 2.47. The summed E-state index contributed by atoms with van der Waals surface area (Å²) in [5, 5.41) is 5.24. The summed E-state index contributed by atoms with van der Waals surface area (Å²) in [6.45, 7) is 0. The quantitative estimate of drug-likeness (QED) is 0.434. The number of aromatic nitrogens is 2. The summed E-state index contributed by atoms with van der Waals surface area (Å²) in [5.41, 5.74) is 1.83. The molecule has 3 aromatic carbocycles. The van der Waals surface area contributed by atoms with E-state index in [0.29, 0.717) is 0 Å². The number of nitrogens with zero attached hydrogens (tertiary/aromatic N) is 2. The number of benzene rings is 3. The highest BCUT2D eigenvalue weighted by molar-refractivity contribution is 6.33. The normalized spacial score (nSPS) is 11.4. The van der Waals surface area contributed by atoms with Gasteiger partial charge in [0.25, 0.3) is 0 Å². The molecule has 0 aliphatic carbocycles. The Balaban J connectivity index is 2.43. The lowest BCUT2D eigenvalue weighted by molar-refractivity contribution is 1.31. The van der Waals surface area contributed by atoms with Crippen LogP contribution in [0.4, 0.5) is 0 Å². The lowest BCUT2D eigenvalue weighted by Crippen LogP contribution is -1.87. The van der Waals surface area contributed by atoms with Gasteiger partial charge in [0.1, 0.15) is 0 Å². The molecule has 19 heavy (non-hydrogen) atoms. The predicted octanol–water partition coefficient (Wildman–Crippen LogP) is 4.59. The molecule has 0 radical (unpaired) electrons. The first kappa shape index (κ1) is 10.7. The minimum Gasteiger partial charge on any atom is -0.252 e. The Kier molecular flexibility index (Phi) is 2.20. The average molecular weight is 265 g/mol. The largest absolute Gasteiger partial charge is 0.252 e. The number of hydrogen-bond acceptors (Lipinski definition) is 2. The summed E-state index contributed by atoms with van der Waals surface area (Å²) in [6.07, 6.45) is 3.45. The highest BCUT2D eigenvalue weighted by atomic mass is 35.5. The SMILES string of the molecule is Clc1ccc2c3ccccc3c3nccnc3c2c1. The molecule has 1 aromatic heterocycles. The number of fused-ring (bicyclic) bond motifs is 6. The summed E-state index contributed by atoms with van der Waals surface area (Å²) in [4.78, 5) is 8.96. The summed E-state index contributed by atoms with van der Waals surface area (Å²) >= 11 is 6.12. The van der Waals surface area contributed by atoms with E-state index < -0.39 is 0 Å². The Labute approximate surface area is 114 Å². The fourth-order valence-corrected chi connectivity index (χ4v) is 2.78. The standard InChI is InChI=1S/C16H9ClN2/c17-10-5-6-12-11-3-1-2-4-13(11)15-16(14(12)9-10)19-8-7-18-15/h1-9H. The van der Waals surface area contributed by atoms with E-state index in [1.54, 1.807) is 12.4 Å². The zero-order chi connectivity index (χ0) is 12.8. The van der Waals surface area contributed by atoms with E-state index in [-0.39, 0.29) is 0 Å². The van der Waals surface area contributed by atoms with Crippen molar-refractivity contribution in [2.75, 3.05) is 0 Å². The second-order valence-electron chi connectivity index (χ2n) is 4.49. The molecule has 0 atom stereocenters. The summed E-state index contributed by atoms with van der Waals surface area (Å²) in [5.74, 6) is 0. The van der Waals surface area contributed by atoms with Crippen molar-refractivity contribution in [1.29, 1.82) is 0 Å². The minimum absolute atomic E-state index is 0.717. The molecule has 4 rings (SSSR count). The fraction of sp³-hybridized carbons (Fsp3) is 0. The van der Waals surface area contributed by atoms with Crippen molar-refractivity contribution in [3.63, 3.8) is 0 Å². The van der Waals surface area contributed by atoms with Gasteiger partial charge in [0.15, 0.2) is 0 Å². The van der Waals surface area contributed by atoms with E-state index in [9.17, 15) is 0 Å². The Bertz CT molecular complexity index is 896.